The van der Waals surface area contributed by atoms with Crippen molar-refractivity contribution in [3.05, 3.63) is 23.9 Å². The highest BCUT2D eigenvalue weighted by molar-refractivity contribution is 7.99. The maximum Gasteiger partial charge on any atom is 0.301 e. The normalized spacial score (nSPS) is 9.73. The Morgan fingerprint density at radius 2 is 2.27 bits per heavy atom. The van der Waals surface area contributed by atoms with Crippen LogP contribution < -0.4 is 0 Å². The van der Waals surface area contributed by atoms with Crippen LogP contribution in [0.4, 0.5) is 13.2 Å². The monoisotopic (exact) mass is 234 g/mol. The number of hydrogen-bond acceptors (Lipinski definition) is 4. The molecule has 7 heteroatoms. The lowest BCUT2D eigenvalue weighted by Gasteiger charge is -1.94. The second kappa shape index (κ2) is 5.46. The van der Waals surface area contributed by atoms with Gasteiger partial charge in [0.05, 0.1) is 6.20 Å². The van der Waals surface area contributed by atoms with Gasteiger partial charge in [-0.2, -0.15) is 14.0 Å². The summed E-state index contributed by atoms with van der Waals surface area (Å²) in [4.78, 5) is 3.68. The van der Waals surface area contributed by atoms with Gasteiger partial charge in [-0.15, -0.1) is 0 Å². The van der Waals surface area contributed by atoms with Gasteiger partial charge >= 0.3 is 6.08 Å². The van der Waals surface area contributed by atoms with Gasteiger partial charge < -0.3 is 4.42 Å². The molecule has 0 saturated carbocycles. The SMILES string of the molecule is N#Cc1cnc(SCCC(F)=C(F)F)o1. The molecule has 0 saturated heterocycles. The molecule has 1 rings (SSSR count). The van der Waals surface area contributed by atoms with Crippen LogP contribution in [0.2, 0.25) is 0 Å². The summed E-state index contributed by atoms with van der Waals surface area (Å²) in [5, 5.41) is 8.54. The van der Waals surface area contributed by atoms with Crippen molar-refractivity contribution >= 4 is 11.8 Å². The molecule has 1 heterocycles. The van der Waals surface area contributed by atoms with Crippen LogP contribution in [0.3, 0.4) is 0 Å². The third kappa shape index (κ3) is 3.67. The topological polar surface area (TPSA) is 49.8 Å². The van der Waals surface area contributed by atoms with Crippen molar-refractivity contribution in [3.8, 4) is 6.07 Å². The van der Waals surface area contributed by atoms with Gasteiger partial charge in [0, 0.05) is 12.2 Å². The number of rotatable bonds is 4. The van der Waals surface area contributed by atoms with Crippen LogP contribution in [0.15, 0.2) is 27.7 Å². The minimum absolute atomic E-state index is 0.0326. The van der Waals surface area contributed by atoms with Crippen molar-refractivity contribution < 1.29 is 17.6 Å². The third-order valence-electron chi connectivity index (χ3n) is 1.35. The van der Waals surface area contributed by atoms with Gasteiger partial charge in [0.1, 0.15) is 6.07 Å². The lowest BCUT2D eigenvalue weighted by molar-refractivity contribution is 0.373. The molecule has 0 N–H and O–H groups in total. The van der Waals surface area contributed by atoms with Crippen molar-refractivity contribution in [3.63, 3.8) is 0 Å². The predicted molar refractivity (Wildman–Crippen MR) is 46.9 cm³/mol. The predicted octanol–water partition coefficient (Wildman–Crippen LogP) is 3.11. The van der Waals surface area contributed by atoms with Gasteiger partial charge in [0.25, 0.3) is 5.22 Å². The first kappa shape index (κ1) is 11.7. The first-order valence-electron chi connectivity index (χ1n) is 3.82. The summed E-state index contributed by atoms with van der Waals surface area (Å²) in [6, 6.07) is 1.72. The summed E-state index contributed by atoms with van der Waals surface area (Å²) >= 11 is 0.966. The minimum Gasteiger partial charge on any atom is -0.421 e. The zero-order chi connectivity index (χ0) is 11.3. The van der Waals surface area contributed by atoms with Crippen LogP contribution in [0.5, 0.6) is 0 Å². The smallest absolute Gasteiger partial charge is 0.301 e. The van der Waals surface area contributed by atoms with E-state index in [9.17, 15) is 13.2 Å². The second-order valence-corrected chi connectivity index (χ2v) is 3.41. The zero-order valence-electron chi connectivity index (χ0n) is 7.34. The molecule has 15 heavy (non-hydrogen) atoms. The molecule has 1 aromatic heterocycles. The molecule has 0 aliphatic heterocycles. The lowest BCUT2D eigenvalue weighted by atomic mass is 10.4. The molecule has 3 nitrogen and oxygen atoms in total. The van der Waals surface area contributed by atoms with Crippen molar-refractivity contribution in [2.24, 2.45) is 0 Å². The van der Waals surface area contributed by atoms with Crippen LogP contribution in [-0.2, 0) is 0 Å². The van der Waals surface area contributed by atoms with Crippen LogP contribution in [0.1, 0.15) is 12.2 Å². The number of aromatic nitrogens is 1. The van der Waals surface area contributed by atoms with E-state index in [1.54, 1.807) is 6.07 Å². The summed E-state index contributed by atoms with van der Waals surface area (Å²) in [6.07, 6.45) is -1.48. The maximum absolute atomic E-state index is 12.3. The number of oxazole rings is 1. The Morgan fingerprint density at radius 1 is 1.53 bits per heavy atom. The molecule has 0 fully saturated rings. The molecule has 0 spiro atoms. The molecule has 0 aliphatic carbocycles. The van der Waals surface area contributed by atoms with Crippen LogP contribution in [0.25, 0.3) is 0 Å². The van der Waals surface area contributed by atoms with E-state index in [4.69, 9.17) is 9.68 Å². The van der Waals surface area contributed by atoms with Crippen molar-refractivity contribution in [2.45, 2.75) is 11.6 Å². The van der Waals surface area contributed by atoms with E-state index in [1.165, 1.54) is 6.20 Å². The van der Waals surface area contributed by atoms with Gasteiger partial charge in [-0.1, -0.05) is 11.8 Å². The fourth-order valence-corrected chi connectivity index (χ4v) is 1.43. The van der Waals surface area contributed by atoms with E-state index in [2.05, 4.69) is 4.98 Å². The number of halogens is 3. The highest BCUT2D eigenvalue weighted by Crippen LogP contribution is 2.22. The Labute approximate surface area is 87.6 Å². The maximum atomic E-state index is 12.3. The van der Waals surface area contributed by atoms with E-state index in [0.717, 1.165) is 11.8 Å². The molecule has 80 valence electrons. The van der Waals surface area contributed by atoms with Gasteiger partial charge in [0.15, 0.2) is 5.83 Å². The summed E-state index contributed by atoms with van der Waals surface area (Å²) < 4.78 is 40.4. The van der Waals surface area contributed by atoms with Crippen molar-refractivity contribution in [2.75, 3.05) is 5.75 Å². The Hall–Kier alpha value is -1.42. The quantitative estimate of drug-likeness (QED) is 0.751. The molecule has 0 amide bonds. The summed E-state index contributed by atoms with van der Waals surface area (Å²) in [5.41, 5.74) is 0. The lowest BCUT2D eigenvalue weighted by Crippen LogP contribution is -1.82. The van der Waals surface area contributed by atoms with Crippen LogP contribution in [0, 0.1) is 11.3 Å². The van der Waals surface area contributed by atoms with Gasteiger partial charge in [0.2, 0.25) is 5.76 Å². The van der Waals surface area contributed by atoms with Gasteiger partial charge in [-0.3, -0.25) is 0 Å². The molecule has 0 aliphatic rings. The molecule has 1 aromatic rings. The minimum atomic E-state index is -2.30. The standard InChI is InChI=1S/C8H5F3N2OS/c9-6(7(10)11)1-2-15-8-13-4-5(3-12)14-8/h4H,1-2H2. The van der Waals surface area contributed by atoms with Gasteiger partial charge in [-0.25, -0.2) is 9.37 Å². The molecular formula is C8H5F3N2OS. The molecule has 0 radical (unpaired) electrons. The Bertz CT molecular complexity index is 406. The highest BCUT2D eigenvalue weighted by Gasteiger charge is 2.07. The average molecular weight is 234 g/mol. The Kier molecular flexibility index (Phi) is 4.24. The number of allylic oxidation sites excluding steroid dienone is 1. The molecule has 0 unspecified atom stereocenters. The zero-order valence-corrected chi connectivity index (χ0v) is 8.15. The third-order valence-corrected chi connectivity index (χ3v) is 2.19. The summed E-state index contributed by atoms with van der Waals surface area (Å²) in [5.74, 6) is -1.33. The Morgan fingerprint density at radius 3 is 2.80 bits per heavy atom. The number of nitriles is 1. The number of hydrogen-bond donors (Lipinski definition) is 0. The van der Waals surface area contributed by atoms with E-state index < -0.39 is 18.3 Å². The fourth-order valence-electron chi connectivity index (χ4n) is 0.699. The van der Waals surface area contributed by atoms with Crippen molar-refractivity contribution in [1.29, 1.82) is 5.26 Å². The van der Waals surface area contributed by atoms with Crippen molar-refractivity contribution in [1.82, 2.24) is 4.98 Å². The molecule has 0 aromatic carbocycles. The molecular weight excluding hydrogens is 229 g/mol. The highest BCUT2D eigenvalue weighted by atomic mass is 32.2. The average Bonchev–Trinajstić information content (AvgIpc) is 2.65. The van der Waals surface area contributed by atoms with E-state index in [0.29, 0.717) is 0 Å². The summed E-state index contributed by atoms with van der Waals surface area (Å²) in [6.45, 7) is 0. The second-order valence-electron chi connectivity index (χ2n) is 2.37. The van der Waals surface area contributed by atoms with E-state index in [-0.39, 0.29) is 16.7 Å². The Balaban J connectivity index is 2.39. The van der Waals surface area contributed by atoms with Crippen LogP contribution >= 0.6 is 11.8 Å². The first-order valence-corrected chi connectivity index (χ1v) is 4.80. The van der Waals surface area contributed by atoms with Gasteiger partial charge in [-0.05, 0) is 0 Å². The molecule has 0 atom stereocenters. The molecule has 0 bridgehead atoms. The van der Waals surface area contributed by atoms with Crippen LogP contribution in [-0.4, -0.2) is 10.7 Å². The fraction of sp³-hybridized carbons (Fsp3) is 0.250. The largest absolute Gasteiger partial charge is 0.421 e. The first-order chi connectivity index (χ1) is 7.13. The number of thioether (sulfide) groups is 1. The summed E-state index contributed by atoms with van der Waals surface area (Å²) in [7, 11) is 0. The van der Waals surface area contributed by atoms with E-state index >= 15 is 0 Å². The number of nitrogens with zero attached hydrogens (tertiary/aromatic N) is 2. The van der Waals surface area contributed by atoms with E-state index in [1.807, 2.05) is 0 Å².